The molecule has 1 aromatic carbocycles. The maximum Gasteiger partial charge on any atom is 0.230 e. The molecule has 0 saturated carbocycles. The number of likely N-dealkylation sites (tertiary alicyclic amines) is 2. The van der Waals surface area contributed by atoms with E-state index in [0.29, 0.717) is 13.1 Å². The smallest absolute Gasteiger partial charge is 0.230 e. The van der Waals surface area contributed by atoms with Crippen LogP contribution < -0.4 is 0 Å². The van der Waals surface area contributed by atoms with Gasteiger partial charge in [-0.05, 0) is 49.8 Å². The predicted octanol–water partition coefficient (Wildman–Crippen LogP) is 2.39. The number of nitrogens with zero attached hydrogens (tertiary/aromatic N) is 2. The van der Waals surface area contributed by atoms with E-state index in [9.17, 15) is 14.0 Å². The van der Waals surface area contributed by atoms with E-state index < -0.39 is 5.41 Å². The highest BCUT2D eigenvalue weighted by Crippen LogP contribution is 2.41. The number of hydrogen-bond donors (Lipinski definition) is 0. The lowest BCUT2D eigenvalue weighted by Gasteiger charge is -2.44. The monoisotopic (exact) mass is 374 g/mol. The fourth-order valence-corrected chi connectivity index (χ4v) is 4.80. The van der Waals surface area contributed by atoms with Crippen LogP contribution in [0.15, 0.2) is 24.3 Å². The molecule has 3 aliphatic heterocycles. The lowest BCUT2D eigenvalue weighted by molar-refractivity contribution is -0.150. The van der Waals surface area contributed by atoms with Crippen molar-refractivity contribution in [2.75, 3.05) is 32.8 Å². The predicted molar refractivity (Wildman–Crippen MR) is 98.5 cm³/mol. The van der Waals surface area contributed by atoms with Gasteiger partial charge in [0.1, 0.15) is 5.82 Å². The Balaban J connectivity index is 1.41. The van der Waals surface area contributed by atoms with Crippen LogP contribution in [0.25, 0.3) is 0 Å². The Kier molecular flexibility index (Phi) is 5.17. The maximum absolute atomic E-state index is 13.3. The van der Waals surface area contributed by atoms with Crippen LogP contribution in [-0.2, 0) is 20.7 Å². The molecule has 0 radical (unpaired) electrons. The van der Waals surface area contributed by atoms with Gasteiger partial charge in [0.25, 0.3) is 0 Å². The zero-order valence-corrected chi connectivity index (χ0v) is 15.7. The largest absolute Gasteiger partial charge is 0.381 e. The first-order valence-corrected chi connectivity index (χ1v) is 9.98. The van der Waals surface area contributed by atoms with Crippen molar-refractivity contribution >= 4 is 11.8 Å². The van der Waals surface area contributed by atoms with Gasteiger partial charge in [-0.2, -0.15) is 0 Å². The molecule has 3 heterocycles. The van der Waals surface area contributed by atoms with Crippen LogP contribution in [0, 0.1) is 11.2 Å². The summed E-state index contributed by atoms with van der Waals surface area (Å²) in [5.74, 6) is -0.0421. The topological polar surface area (TPSA) is 49.9 Å². The van der Waals surface area contributed by atoms with Gasteiger partial charge in [0.2, 0.25) is 11.8 Å². The number of amides is 2. The molecular formula is C21H27FN2O3. The van der Waals surface area contributed by atoms with Crippen molar-refractivity contribution in [1.29, 1.82) is 0 Å². The zero-order valence-electron chi connectivity index (χ0n) is 15.7. The average Bonchev–Trinajstić information content (AvgIpc) is 3.12. The normalized spacial score (nSPS) is 26.8. The molecule has 146 valence electrons. The molecule has 0 unspecified atom stereocenters. The molecule has 3 saturated heterocycles. The fraction of sp³-hybridized carbons (Fsp3) is 0.619. The number of carbonyl (C=O) groups excluding carboxylic acids is 2. The summed E-state index contributed by atoms with van der Waals surface area (Å²) < 4.78 is 18.5. The van der Waals surface area contributed by atoms with Crippen molar-refractivity contribution in [2.45, 2.75) is 44.6 Å². The molecule has 1 aromatic rings. The van der Waals surface area contributed by atoms with Gasteiger partial charge in [0.15, 0.2) is 0 Å². The van der Waals surface area contributed by atoms with Crippen molar-refractivity contribution < 1.29 is 18.7 Å². The van der Waals surface area contributed by atoms with Gasteiger partial charge in [0, 0.05) is 38.9 Å². The Bertz CT molecular complexity index is 702. The second-order valence-electron chi connectivity index (χ2n) is 8.09. The van der Waals surface area contributed by atoms with Gasteiger partial charge in [-0.3, -0.25) is 9.59 Å². The van der Waals surface area contributed by atoms with E-state index in [0.717, 1.165) is 57.4 Å². The molecule has 27 heavy (non-hydrogen) atoms. The van der Waals surface area contributed by atoms with Gasteiger partial charge in [-0.15, -0.1) is 0 Å². The summed E-state index contributed by atoms with van der Waals surface area (Å²) in [6, 6.07) is 6.34. The first kappa shape index (κ1) is 18.4. The second kappa shape index (κ2) is 7.58. The van der Waals surface area contributed by atoms with E-state index in [1.54, 1.807) is 12.1 Å². The van der Waals surface area contributed by atoms with E-state index in [1.807, 2.05) is 4.90 Å². The van der Waals surface area contributed by atoms with Crippen molar-refractivity contribution in [3.63, 3.8) is 0 Å². The van der Waals surface area contributed by atoms with Gasteiger partial charge < -0.3 is 14.5 Å². The third-order valence-electron chi connectivity index (χ3n) is 6.38. The maximum atomic E-state index is 13.3. The number of rotatable bonds is 3. The lowest BCUT2D eigenvalue weighted by atomic mass is 9.77. The SMILES string of the molecule is O=C(Cc1ccc(F)cc1)N1CC[C@]2(CCCN(C3CCOCC3)C2=O)C1. The highest BCUT2D eigenvalue weighted by molar-refractivity contribution is 5.86. The standard InChI is InChI=1S/C21H27FN2O3/c22-17-4-2-16(3-5-17)14-19(25)23-11-9-21(15-23)8-1-10-24(20(21)26)18-6-12-27-13-7-18/h2-5,18H,1,6-15H2/t21-/m1/s1. The number of halogens is 1. The zero-order chi connectivity index (χ0) is 18.9. The van der Waals surface area contributed by atoms with Gasteiger partial charge in [-0.25, -0.2) is 4.39 Å². The molecule has 0 N–H and O–H groups in total. The summed E-state index contributed by atoms with van der Waals surface area (Å²) in [5, 5.41) is 0. The third-order valence-corrected chi connectivity index (χ3v) is 6.38. The van der Waals surface area contributed by atoms with Crippen molar-refractivity contribution in [3.8, 4) is 0 Å². The van der Waals surface area contributed by atoms with Crippen LogP contribution in [0.4, 0.5) is 4.39 Å². The van der Waals surface area contributed by atoms with E-state index in [1.165, 1.54) is 12.1 Å². The molecule has 3 aliphatic rings. The highest BCUT2D eigenvalue weighted by Gasteiger charge is 2.50. The van der Waals surface area contributed by atoms with Crippen LogP contribution in [0.5, 0.6) is 0 Å². The quantitative estimate of drug-likeness (QED) is 0.816. The molecule has 0 aromatic heterocycles. The number of ether oxygens (including phenoxy) is 1. The lowest BCUT2D eigenvalue weighted by Crippen LogP contribution is -2.55. The van der Waals surface area contributed by atoms with Gasteiger partial charge in [-0.1, -0.05) is 12.1 Å². The van der Waals surface area contributed by atoms with Crippen molar-refractivity contribution in [3.05, 3.63) is 35.6 Å². The van der Waals surface area contributed by atoms with Crippen molar-refractivity contribution in [2.24, 2.45) is 5.41 Å². The molecule has 1 atom stereocenters. The molecule has 2 amide bonds. The summed E-state index contributed by atoms with van der Waals surface area (Å²) in [5.41, 5.74) is 0.399. The Morgan fingerprint density at radius 1 is 1.15 bits per heavy atom. The Hall–Kier alpha value is -1.95. The summed E-state index contributed by atoms with van der Waals surface area (Å²) in [7, 11) is 0. The molecule has 0 aliphatic carbocycles. The Morgan fingerprint density at radius 2 is 1.89 bits per heavy atom. The first-order chi connectivity index (χ1) is 13.1. The molecule has 5 nitrogen and oxygen atoms in total. The van der Waals surface area contributed by atoms with E-state index in [4.69, 9.17) is 4.74 Å². The van der Waals surface area contributed by atoms with E-state index in [2.05, 4.69) is 4.90 Å². The summed E-state index contributed by atoms with van der Waals surface area (Å²) >= 11 is 0. The Labute approximate surface area is 159 Å². The number of benzene rings is 1. The van der Waals surface area contributed by atoms with Crippen LogP contribution in [-0.4, -0.2) is 60.5 Å². The number of carbonyl (C=O) groups is 2. The molecule has 0 bridgehead atoms. The summed E-state index contributed by atoms with van der Waals surface area (Å²) in [6.07, 6.45) is 4.70. The summed E-state index contributed by atoms with van der Waals surface area (Å²) in [6.45, 7) is 3.43. The first-order valence-electron chi connectivity index (χ1n) is 9.98. The van der Waals surface area contributed by atoms with E-state index >= 15 is 0 Å². The fourth-order valence-electron chi connectivity index (χ4n) is 4.80. The number of hydrogen-bond acceptors (Lipinski definition) is 3. The molecule has 4 rings (SSSR count). The second-order valence-corrected chi connectivity index (χ2v) is 8.09. The van der Waals surface area contributed by atoms with Gasteiger partial charge in [0.05, 0.1) is 11.8 Å². The van der Waals surface area contributed by atoms with Crippen LogP contribution in [0.2, 0.25) is 0 Å². The average molecular weight is 374 g/mol. The van der Waals surface area contributed by atoms with Crippen LogP contribution in [0.1, 0.15) is 37.7 Å². The molecule has 1 spiro atoms. The minimum absolute atomic E-state index is 0.0227. The molecule has 6 heteroatoms. The van der Waals surface area contributed by atoms with E-state index in [-0.39, 0.29) is 30.1 Å². The van der Waals surface area contributed by atoms with Crippen LogP contribution >= 0.6 is 0 Å². The minimum Gasteiger partial charge on any atom is -0.381 e. The third kappa shape index (κ3) is 3.72. The molecule has 3 fully saturated rings. The number of piperidine rings is 1. The summed E-state index contributed by atoms with van der Waals surface area (Å²) in [4.78, 5) is 29.9. The highest BCUT2D eigenvalue weighted by atomic mass is 19.1. The van der Waals surface area contributed by atoms with Crippen LogP contribution in [0.3, 0.4) is 0 Å². The van der Waals surface area contributed by atoms with Crippen molar-refractivity contribution in [1.82, 2.24) is 9.80 Å². The molecular weight excluding hydrogens is 347 g/mol. The Morgan fingerprint density at radius 3 is 2.63 bits per heavy atom. The minimum atomic E-state index is -0.408. The van der Waals surface area contributed by atoms with Gasteiger partial charge >= 0.3 is 0 Å².